The number of nitrogens with two attached hydrogens (primary N) is 1. The lowest BCUT2D eigenvalue weighted by atomic mass is 10.0. The third-order valence-corrected chi connectivity index (χ3v) is 3.78. The fourth-order valence-electron chi connectivity index (χ4n) is 1.76. The molecule has 0 radical (unpaired) electrons. The van der Waals surface area contributed by atoms with Crippen molar-refractivity contribution in [2.45, 2.75) is 19.1 Å². The van der Waals surface area contributed by atoms with Crippen LogP contribution in [0.1, 0.15) is 27.6 Å². The SMILES string of the molecule is Cc1ccsc1C(N)c1cnccc1C(F)(F)F. The highest BCUT2D eigenvalue weighted by atomic mass is 32.1. The van der Waals surface area contributed by atoms with Crippen LogP contribution in [0.2, 0.25) is 0 Å². The molecule has 0 aliphatic carbocycles. The van der Waals surface area contributed by atoms with E-state index >= 15 is 0 Å². The Morgan fingerprint density at radius 3 is 2.61 bits per heavy atom. The Balaban J connectivity index is 2.49. The molecule has 0 bridgehead atoms. The maximum Gasteiger partial charge on any atom is 0.416 e. The summed E-state index contributed by atoms with van der Waals surface area (Å²) in [6, 6.07) is 2.00. The van der Waals surface area contributed by atoms with Crippen LogP contribution in [0.5, 0.6) is 0 Å². The van der Waals surface area contributed by atoms with Crippen molar-refractivity contribution in [3.8, 4) is 0 Å². The number of aromatic nitrogens is 1. The highest BCUT2D eigenvalue weighted by Gasteiger charge is 2.35. The Labute approximate surface area is 106 Å². The van der Waals surface area contributed by atoms with Gasteiger partial charge >= 0.3 is 6.18 Å². The zero-order valence-corrected chi connectivity index (χ0v) is 10.3. The van der Waals surface area contributed by atoms with Crippen molar-refractivity contribution in [1.82, 2.24) is 4.98 Å². The van der Waals surface area contributed by atoms with E-state index in [9.17, 15) is 13.2 Å². The predicted octanol–water partition coefficient (Wildman–Crippen LogP) is 3.52. The van der Waals surface area contributed by atoms with E-state index < -0.39 is 17.8 Å². The molecule has 1 atom stereocenters. The fourth-order valence-corrected chi connectivity index (χ4v) is 2.70. The van der Waals surface area contributed by atoms with E-state index in [0.29, 0.717) is 0 Å². The number of pyridine rings is 1. The Hall–Kier alpha value is -1.40. The standard InChI is InChI=1S/C12H11F3N2S/c1-7-3-5-18-11(7)10(16)8-6-17-4-2-9(8)12(13,14)15/h2-6,10H,16H2,1H3. The minimum absolute atomic E-state index is 0.00977. The first-order valence-corrected chi connectivity index (χ1v) is 6.10. The molecule has 2 nitrogen and oxygen atoms in total. The molecule has 2 rings (SSSR count). The van der Waals surface area contributed by atoms with Gasteiger partial charge in [0.15, 0.2) is 0 Å². The van der Waals surface area contributed by atoms with E-state index in [2.05, 4.69) is 4.98 Å². The lowest BCUT2D eigenvalue weighted by molar-refractivity contribution is -0.138. The van der Waals surface area contributed by atoms with Crippen LogP contribution in [-0.4, -0.2) is 4.98 Å². The first kappa shape index (κ1) is 13.0. The van der Waals surface area contributed by atoms with Crippen molar-refractivity contribution in [2.75, 3.05) is 0 Å². The number of aryl methyl sites for hydroxylation is 1. The molecule has 18 heavy (non-hydrogen) atoms. The number of alkyl halides is 3. The van der Waals surface area contributed by atoms with Gasteiger partial charge in [-0.3, -0.25) is 4.98 Å². The van der Waals surface area contributed by atoms with Gasteiger partial charge in [0.2, 0.25) is 0 Å². The number of thiophene rings is 1. The van der Waals surface area contributed by atoms with E-state index in [-0.39, 0.29) is 5.56 Å². The average Bonchev–Trinajstić information content (AvgIpc) is 2.73. The van der Waals surface area contributed by atoms with Gasteiger partial charge in [-0.25, -0.2) is 0 Å². The second-order valence-corrected chi connectivity index (χ2v) is 4.85. The van der Waals surface area contributed by atoms with E-state index in [1.54, 1.807) is 0 Å². The van der Waals surface area contributed by atoms with Gasteiger partial charge in [0.1, 0.15) is 0 Å². The average molecular weight is 272 g/mol. The molecule has 0 saturated heterocycles. The van der Waals surface area contributed by atoms with Crippen LogP contribution in [0.25, 0.3) is 0 Å². The van der Waals surface area contributed by atoms with E-state index in [0.717, 1.165) is 22.7 Å². The Morgan fingerprint density at radius 1 is 1.33 bits per heavy atom. The van der Waals surface area contributed by atoms with E-state index in [1.165, 1.54) is 17.5 Å². The largest absolute Gasteiger partial charge is 0.416 e. The molecule has 0 aromatic carbocycles. The zero-order chi connectivity index (χ0) is 13.3. The van der Waals surface area contributed by atoms with E-state index in [1.807, 2.05) is 18.4 Å². The van der Waals surface area contributed by atoms with Gasteiger partial charge in [-0.15, -0.1) is 11.3 Å². The zero-order valence-electron chi connectivity index (χ0n) is 9.53. The Bertz CT molecular complexity index is 548. The second kappa shape index (κ2) is 4.70. The maximum atomic E-state index is 12.9. The lowest BCUT2D eigenvalue weighted by Crippen LogP contribution is -2.18. The highest BCUT2D eigenvalue weighted by molar-refractivity contribution is 7.10. The van der Waals surface area contributed by atoms with Gasteiger partial charge in [-0.1, -0.05) is 0 Å². The predicted molar refractivity (Wildman–Crippen MR) is 64.3 cm³/mol. The van der Waals surface area contributed by atoms with Crippen LogP contribution in [0.4, 0.5) is 13.2 Å². The molecule has 0 aliphatic heterocycles. The molecule has 6 heteroatoms. The van der Waals surface area contributed by atoms with Crippen molar-refractivity contribution < 1.29 is 13.2 Å². The summed E-state index contributed by atoms with van der Waals surface area (Å²) in [5, 5.41) is 1.81. The first-order chi connectivity index (χ1) is 8.41. The van der Waals surface area contributed by atoms with Crippen molar-refractivity contribution in [3.05, 3.63) is 51.5 Å². The van der Waals surface area contributed by atoms with Crippen molar-refractivity contribution in [2.24, 2.45) is 5.73 Å². The van der Waals surface area contributed by atoms with Gasteiger partial charge in [-0.05, 0) is 30.0 Å². The van der Waals surface area contributed by atoms with Gasteiger partial charge < -0.3 is 5.73 Å². The fraction of sp³-hybridized carbons (Fsp3) is 0.250. The quantitative estimate of drug-likeness (QED) is 0.908. The molecule has 0 saturated carbocycles. The topological polar surface area (TPSA) is 38.9 Å². The molecule has 2 aromatic rings. The number of hydrogen-bond acceptors (Lipinski definition) is 3. The van der Waals surface area contributed by atoms with Crippen LogP contribution in [-0.2, 0) is 6.18 Å². The van der Waals surface area contributed by atoms with Gasteiger partial charge in [0.05, 0.1) is 11.6 Å². The number of hydrogen-bond donors (Lipinski definition) is 1. The summed E-state index contributed by atoms with van der Waals surface area (Å²) < 4.78 is 38.6. The summed E-state index contributed by atoms with van der Waals surface area (Å²) in [7, 11) is 0. The van der Waals surface area contributed by atoms with Gasteiger partial charge in [0.25, 0.3) is 0 Å². The van der Waals surface area contributed by atoms with Crippen LogP contribution >= 0.6 is 11.3 Å². The summed E-state index contributed by atoms with van der Waals surface area (Å²) >= 11 is 1.35. The van der Waals surface area contributed by atoms with Crippen LogP contribution < -0.4 is 5.73 Å². The normalized spacial score (nSPS) is 13.6. The van der Waals surface area contributed by atoms with Crippen molar-refractivity contribution in [3.63, 3.8) is 0 Å². The monoisotopic (exact) mass is 272 g/mol. The molecule has 2 N–H and O–H groups in total. The molecule has 0 spiro atoms. The third kappa shape index (κ3) is 2.39. The van der Waals surface area contributed by atoms with Crippen LogP contribution in [0.3, 0.4) is 0 Å². The summed E-state index contributed by atoms with van der Waals surface area (Å²) in [4.78, 5) is 4.47. The third-order valence-electron chi connectivity index (χ3n) is 2.68. The highest BCUT2D eigenvalue weighted by Crippen LogP contribution is 2.36. The molecule has 1 unspecified atom stereocenters. The van der Waals surface area contributed by atoms with Gasteiger partial charge in [0, 0.05) is 22.8 Å². The minimum atomic E-state index is -4.42. The molecule has 0 amide bonds. The minimum Gasteiger partial charge on any atom is -0.320 e. The van der Waals surface area contributed by atoms with Crippen LogP contribution in [0.15, 0.2) is 29.9 Å². The lowest BCUT2D eigenvalue weighted by Gasteiger charge is -2.17. The summed E-state index contributed by atoms with van der Waals surface area (Å²) in [6.45, 7) is 1.83. The van der Waals surface area contributed by atoms with Crippen LogP contribution in [0, 0.1) is 6.92 Å². The number of nitrogens with zero attached hydrogens (tertiary/aromatic N) is 1. The Kier molecular flexibility index (Phi) is 3.41. The summed E-state index contributed by atoms with van der Waals surface area (Å²) in [6.07, 6.45) is -2.10. The molecule has 96 valence electrons. The first-order valence-electron chi connectivity index (χ1n) is 5.22. The molecule has 2 aromatic heterocycles. The van der Waals surface area contributed by atoms with Gasteiger partial charge in [-0.2, -0.15) is 13.2 Å². The maximum absolute atomic E-state index is 12.9. The molecule has 0 fully saturated rings. The Morgan fingerprint density at radius 2 is 2.06 bits per heavy atom. The van der Waals surface area contributed by atoms with Crippen molar-refractivity contribution in [1.29, 1.82) is 0 Å². The van der Waals surface area contributed by atoms with Crippen molar-refractivity contribution >= 4 is 11.3 Å². The second-order valence-electron chi connectivity index (χ2n) is 3.91. The summed E-state index contributed by atoms with van der Waals surface area (Å²) in [5.74, 6) is 0. The molecular weight excluding hydrogens is 261 g/mol. The number of rotatable bonds is 2. The summed E-state index contributed by atoms with van der Waals surface area (Å²) in [5.41, 5.74) is 6.11. The number of halogens is 3. The molecule has 2 heterocycles. The van der Waals surface area contributed by atoms with E-state index in [4.69, 9.17) is 5.73 Å². The smallest absolute Gasteiger partial charge is 0.320 e. The molecular formula is C12H11F3N2S. The molecule has 0 aliphatic rings.